The van der Waals surface area contributed by atoms with Crippen LogP contribution in [-0.4, -0.2) is 39.2 Å². The lowest BCUT2D eigenvalue weighted by Crippen LogP contribution is -2.25. The van der Waals surface area contributed by atoms with Gasteiger partial charge in [0.25, 0.3) is 0 Å². The van der Waals surface area contributed by atoms with Gasteiger partial charge in [0.05, 0.1) is 0 Å². The molecular formula is C12H19N3O4S. The highest BCUT2D eigenvalue weighted by atomic mass is 32.2. The van der Waals surface area contributed by atoms with Gasteiger partial charge in [-0.15, -0.1) is 0 Å². The van der Waals surface area contributed by atoms with Crippen LogP contribution in [0.15, 0.2) is 23.4 Å². The van der Waals surface area contributed by atoms with Gasteiger partial charge in [0, 0.05) is 18.3 Å². The van der Waals surface area contributed by atoms with E-state index in [1.807, 2.05) is 0 Å². The minimum absolute atomic E-state index is 0.172. The number of rotatable bonds is 2. The van der Waals surface area contributed by atoms with E-state index < -0.39 is 21.7 Å². The highest BCUT2D eigenvalue weighted by molar-refractivity contribution is 7.94. The van der Waals surface area contributed by atoms with Crippen LogP contribution in [0.2, 0.25) is 0 Å². The van der Waals surface area contributed by atoms with Gasteiger partial charge in [-0.05, 0) is 20.8 Å². The predicted molar refractivity (Wildman–Crippen MR) is 74.7 cm³/mol. The Morgan fingerprint density at radius 3 is 2.45 bits per heavy atom. The number of amides is 1. The summed E-state index contributed by atoms with van der Waals surface area (Å²) in [6, 6.07) is 3.09. The Labute approximate surface area is 118 Å². The zero-order valence-electron chi connectivity index (χ0n) is 12.2. The van der Waals surface area contributed by atoms with Gasteiger partial charge < -0.3 is 14.4 Å². The SMILES string of the molecule is C[N+](C)=c1cc[nH]c(S(=O)(=O)[N-]C(=O)OC(C)(C)C)c1. The van der Waals surface area contributed by atoms with Gasteiger partial charge in [-0.1, -0.05) is 0 Å². The largest absolute Gasteiger partial charge is 0.504 e. The minimum atomic E-state index is -4.12. The first kappa shape index (κ1) is 16.2. The Balaban J connectivity index is 3.04. The molecule has 0 unspecified atom stereocenters. The van der Waals surface area contributed by atoms with E-state index in [9.17, 15) is 13.2 Å². The van der Waals surface area contributed by atoms with Crippen molar-refractivity contribution in [1.29, 1.82) is 0 Å². The standard InChI is InChI=1S/C12H19N3O4S/c1-12(2,3)19-11(16)14-20(17,18)10-8-9(15(4)5)6-7-13-10/h6-8H,1-5H3,(H,14,16). The Morgan fingerprint density at radius 1 is 1.35 bits per heavy atom. The lowest BCUT2D eigenvalue weighted by Gasteiger charge is -2.26. The molecule has 0 spiro atoms. The van der Waals surface area contributed by atoms with Crippen LogP contribution in [-0.2, 0) is 14.8 Å². The third-order valence-corrected chi connectivity index (χ3v) is 3.32. The topological polar surface area (TPSA) is 93.3 Å². The van der Waals surface area contributed by atoms with Crippen LogP contribution in [0.1, 0.15) is 20.8 Å². The molecule has 1 rings (SSSR count). The Hall–Kier alpha value is -1.83. The number of carbonyl (C=O) groups is 1. The molecule has 0 radical (unpaired) electrons. The highest BCUT2D eigenvalue weighted by Crippen LogP contribution is 2.17. The molecule has 0 fully saturated rings. The van der Waals surface area contributed by atoms with Crippen LogP contribution in [0.4, 0.5) is 4.79 Å². The maximum Gasteiger partial charge on any atom is 0.241 e. The number of hydrogen-bond acceptors (Lipinski definition) is 4. The zero-order valence-corrected chi connectivity index (χ0v) is 13.0. The van der Waals surface area contributed by atoms with Crippen LogP contribution in [0.3, 0.4) is 0 Å². The van der Waals surface area contributed by atoms with Gasteiger partial charge in [0.15, 0.2) is 0 Å². The van der Waals surface area contributed by atoms with Crippen LogP contribution in [0.5, 0.6) is 0 Å². The summed E-state index contributed by atoms with van der Waals surface area (Å²) in [6.45, 7) is 4.89. The lowest BCUT2D eigenvalue weighted by atomic mass is 10.2. The molecule has 0 aromatic carbocycles. The van der Waals surface area contributed by atoms with Gasteiger partial charge in [-0.3, -0.25) is 4.79 Å². The van der Waals surface area contributed by atoms with E-state index in [1.54, 1.807) is 45.5 Å². The number of nitrogens with one attached hydrogen (secondary N) is 1. The maximum atomic E-state index is 12.0. The number of sulfonamides is 1. The number of H-pyrrole nitrogens is 1. The molecule has 0 bridgehead atoms. The lowest BCUT2D eigenvalue weighted by molar-refractivity contribution is 0.0661. The van der Waals surface area contributed by atoms with Crippen molar-refractivity contribution in [2.75, 3.05) is 14.1 Å². The molecule has 0 atom stereocenters. The van der Waals surface area contributed by atoms with Crippen molar-refractivity contribution in [1.82, 2.24) is 9.56 Å². The molecular weight excluding hydrogens is 282 g/mol. The van der Waals surface area contributed by atoms with E-state index in [1.165, 1.54) is 12.3 Å². The normalized spacial score (nSPS) is 11.8. The fourth-order valence-corrected chi connectivity index (χ4v) is 2.11. The van der Waals surface area contributed by atoms with Gasteiger partial charge in [-0.25, -0.2) is 13.0 Å². The van der Waals surface area contributed by atoms with E-state index in [0.717, 1.165) is 0 Å². The summed E-state index contributed by atoms with van der Waals surface area (Å²) >= 11 is 0. The second-order valence-electron chi connectivity index (χ2n) is 5.35. The van der Waals surface area contributed by atoms with Crippen LogP contribution in [0.25, 0.3) is 4.72 Å². The average molecular weight is 301 g/mol. The number of hydrogen-bond donors (Lipinski definition) is 1. The average Bonchev–Trinajstić information content (AvgIpc) is 2.25. The van der Waals surface area contributed by atoms with E-state index in [-0.39, 0.29) is 5.03 Å². The summed E-state index contributed by atoms with van der Waals surface area (Å²) in [5.41, 5.74) is -0.800. The third-order valence-electron chi connectivity index (χ3n) is 2.14. The second-order valence-corrected chi connectivity index (χ2v) is 6.92. The number of pyridine rings is 1. The van der Waals surface area contributed by atoms with E-state index in [2.05, 4.69) is 9.71 Å². The summed E-state index contributed by atoms with van der Waals surface area (Å²) in [7, 11) is -0.571. The molecule has 1 N–H and O–H groups in total. The molecule has 1 aromatic rings. The van der Waals surface area contributed by atoms with Crippen LogP contribution >= 0.6 is 0 Å². The van der Waals surface area contributed by atoms with E-state index in [0.29, 0.717) is 5.36 Å². The Morgan fingerprint density at radius 2 is 1.95 bits per heavy atom. The highest BCUT2D eigenvalue weighted by Gasteiger charge is 2.15. The molecule has 0 saturated carbocycles. The van der Waals surface area contributed by atoms with Gasteiger partial charge in [0.1, 0.15) is 34.7 Å². The molecule has 0 aliphatic rings. The van der Waals surface area contributed by atoms with Crippen molar-refractivity contribution in [2.24, 2.45) is 0 Å². The molecule has 7 nitrogen and oxygen atoms in total. The quantitative estimate of drug-likeness (QED) is 0.826. The fourth-order valence-electron chi connectivity index (χ4n) is 1.29. The monoisotopic (exact) mass is 301 g/mol. The molecule has 112 valence electrons. The summed E-state index contributed by atoms with van der Waals surface area (Å²) < 4.78 is 33.7. The second kappa shape index (κ2) is 5.66. The van der Waals surface area contributed by atoms with Gasteiger partial charge in [0.2, 0.25) is 11.5 Å². The van der Waals surface area contributed by atoms with Crippen molar-refractivity contribution in [3.8, 4) is 0 Å². The minimum Gasteiger partial charge on any atom is -0.504 e. The predicted octanol–water partition coefficient (Wildman–Crippen LogP) is 1.04. The number of aromatic amines is 1. The molecule has 0 aliphatic carbocycles. The third kappa shape index (κ3) is 4.69. The van der Waals surface area contributed by atoms with Crippen molar-refractivity contribution < 1.29 is 17.9 Å². The smallest absolute Gasteiger partial charge is 0.241 e. The number of nitrogens with zero attached hydrogens (tertiary/aromatic N) is 2. The number of carbonyl (C=O) groups excluding carboxylic acids is 1. The zero-order chi connectivity index (χ0) is 15.6. The first-order valence-corrected chi connectivity index (χ1v) is 7.35. The van der Waals surface area contributed by atoms with E-state index in [4.69, 9.17) is 4.74 Å². The molecule has 0 saturated heterocycles. The first-order chi connectivity index (χ1) is 9.01. The van der Waals surface area contributed by atoms with Crippen molar-refractivity contribution in [2.45, 2.75) is 31.4 Å². The van der Waals surface area contributed by atoms with Crippen LogP contribution in [0, 0.1) is 0 Å². The molecule has 1 aromatic heterocycles. The molecule has 1 amide bonds. The fraction of sp³-hybridized carbons (Fsp3) is 0.500. The maximum absolute atomic E-state index is 12.0. The Kier molecular flexibility index (Phi) is 4.59. The number of ether oxygens (including phenoxy) is 1. The summed E-state index contributed by atoms with van der Waals surface area (Å²) in [5.74, 6) is 0. The molecule has 1 heterocycles. The van der Waals surface area contributed by atoms with Gasteiger partial charge in [-0.2, -0.15) is 0 Å². The molecule has 8 heteroatoms. The van der Waals surface area contributed by atoms with Gasteiger partial charge >= 0.3 is 0 Å². The summed E-state index contributed by atoms with van der Waals surface area (Å²) in [4.78, 5) is 14.0. The molecule has 0 aliphatic heterocycles. The van der Waals surface area contributed by atoms with E-state index >= 15 is 0 Å². The van der Waals surface area contributed by atoms with Crippen LogP contribution < -0.4 is 9.93 Å². The first-order valence-electron chi connectivity index (χ1n) is 5.91. The van der Waals surface area contributed by atoms with Crippen molar-refractivity contribution >= 4 is 16.1 Å². The Bertz CT molecular complexity index is 664. The van der Waals surface area contributed by atoms with Crippen molar-refractivity contribution in [3.63, 3.8) is 0 Å². The molecule has 20 heavy (non-hydrogen) atoms. The summed E-state index contributed by atoms with van der Waals surface area (Å²) in [6.07, 6.45) is 0.327. The van der Waals surface area contributed by atoms with Crippen molar-refractivity contribution in [3.05, 3.63) is 28.4 Å². The summed E-state index contributed by atoms with van der Waals surface area (Å²) in [5, 5.41) is 0.497. The number of aromatic nitrogens is 1.